The molecule has 0 fully saturated rings. The van der Waals surface area contributed by atoms with Gasteiger partial charge >= 0.3 is 5.97 Å². The Labute approximate surface area is 257 Å². The number of hydrogen-bond acceptors (Lipinski definition) is 10. The highest BCUT2D eigenvalue weighted by Crippen LogP contribution is 2.36. The van der Waals surface area contributed by atoms with E-state index in [1.807, 2.05) is 44.2 Å². The number of carbonyl (C=O) groups is 1. The number of azo groups is 1. The molecule has 226 valence electrons. The number of benzene rings is 3. The average molecular weight is 613 g/mol. The third kappa shape index (κ3) is 6.32. The van der Waals surface area contributed by atoms with Crippen molar-refractivity contribution >= 4 is 34.8 Å². The van der Waals surface area contributed by atoms with Crippen LogP contribution in [0.2, 0.25) is 0 Å². The van der Waals surface area contributed by atoms with Gasteiger partial charge in [-0.25, -0.2) is 9.79 Å². The number of phenols is 1. The molecule has 0 spiro atoms. The molecule has 1 aromatic heterocycles. The zero-order chi connectivity index (χ0) is 31.4. The average Bonchev–Trinajstić information content (AvgIpc) is 3.31. The van der Waals surface area contributed by atoms with Gasteiger partial charge in [0.1, 0.15) is 5.75 Å². The minimum Gasteiger partial charge on any atom is -0.507 e. The number of esters is 1. The first-order valence-corrected chi connectivity index (χ1v) is 14.9. The lowest BCUT2D eigenvalue weighted by molar-refractivity contribution is -0.139. The van der Waals surface area contributed by atoms with E-state index in [2.05, 4.69) is 15.2 Å². The number of nitrogens with zero attached hydrogens (tertiary/aromatic N) is 4. The summed E-state index contributed by atoms with van der Waals surface area (Å²) in [4.78, 5) is 32.3. The molecule has 5 rings (SSSR count). The van der Waals surface area contributed by atoms with Crippen LogP contribution < -0.4 is 24.4 Å². The Morgan fingerprint density at radius 3 is 2.52 bits per heavy atom. The van der Waals surface area contributed by atoms with E-state index in [9.17, 15) is 14.7 Å². The van der Waals surface area contributed by atoms with E-state index >= 15 is 0 Å². The molecule has 1 N–H and O–H groups in total. The molecule has 10 nitrogen and oxygen atoms in total. The smallest absolute Gasteiger partial charge is 0.338 e. The van der Waals surface area contributed by atoms with Crippen LogP contribution in [-0.2, 0) is 9.53 Å². The van der Waals surface area contributed by atoms with Crippen LogP contribution in [-0.4, -0.2) is 35.5 Å². The van der Waals surface area contributed by atoms with Crippen molar-refractivity contribution in [2.24, 2.45) is 15.2 Å². The van der Waals surface area contributed by atoms with Crippen LogP contribution in [0.4, 0.5) is 11.4 Å². The Morgan fingerprint density at radius 2 is 1.82 bits per heavy atom. The molecule has 0 aliphatic carbocycles. The first-order valence-electron chi connectivity index (χ1n) is 14.0. The Bertz CT molecular complexity index is 1940. The number of ether oxygens (including phenoxy) is 3. The first-order chi connectivity index (χ1) is 21.2. The molecular weight excluding hydrogens is 580 g/mol. The summed E-state index contributed by atoms with van der Waals surface area (Å²) in [6.45, 7) is 7.43. The number of hydrogen-bond donors (Lipinski definition) is 1. The molecule has 4 aromatic rings. The minimum atomic E-state index is -0.839. The molecule has 0 saturated heterocycles. The standard InChI is InChI=1S/C33H32N4O6S/c1-6-42-32(40)29-20(4)34-33-37(30(29)21-12-15-26(43-19(2)3)27(17-21)41-5)31(39)28(44-33)18-22-16-24(13-14-25(22)38)36-35-23-10-8-7-9-11-23/h7-19,30,38H,6H2,1-5H3/b28-18-,36-35?/t30-/m0/s1. The van der Waals surface area contributed by atoms with Gasteiger partial charge in [-0.2, -0.15) is 10.2 Å². The number of methoxy groups -OCH3 is 1. The monoisotopic (exact) mass is 612 g/mol. The molecule has 0 radical (unpaired) electrons. The quantitative estimate of drug-likeness (QED) is 0.191. The number of aromatic hydroxyl groups is 1. The van der Waals surface area contributed by atoms with Gasteiger partial charge in [-0.3, -0.25) is 9.36 Å². The van der Waals surface area contributed by atoms with E-state index in [-0.39, 0.29) is 29.6 Å². The van der Waals surface area contributed by atoms with Gasteiger partial charge in [-0.1, -0.05) is 35.6 Å². The molecule has 0 bridgehead atoms. The van der Waals surface area contributed by atoms with Crippen LogP contribution in [0.15, 0.2) is 98.0 Å². The largest absolute Gasteiger partial charge is 0.507 e. The molecule has 0 unspecified atom stereocenters. The van der Waals surface area contributed by atoms with Gasteiger partial charge in [0.25, 0.3) is 5.56 Å². The summed E-state index contributed by atoms with van der Waals surface area (Å²) >= 11 is 1.15. The molecule has 1 aliphatic rings. The second kappa shape index (κ2) is 13.1. The van der Waals surface area contributed by atoms with Gasteiger partial charge in [0.05, 0.1) is 53.0 Å². The number of allylic oxidation sites excluding steroid dienone is 1. The summed E-state index contributed by atoms with van der Waals surface area (Å²) in [6, 6.07) is 18.5. The predicted molar refractivity (Wildman–Crippen MR) is 168 cm³/mol. The fourth-order valence-electron chi connectivity index (χ4n) is 4.78. The highest BCUT2D eigenvalue weighted by molar-refractivity contribution is 7.07. The summed E-state index contributed by atoms with van der Waals surface area (Å²) in [6.07, 6.45) is 1.50. The fraction of sp³-hybridized carbons (Fsp3) is 0.242. The van der Waals surface area contributed by atoms with Crippen molar-refractivity contribution in [3.8, 4) is 17.2 Å². The number of phenolic OH excluding ortho intramolecular Hbond substituents is 1. The molecule has 3 aromatic carbocycles. The zero-order valence-electron chi connectivity index (χ0n) is 25.0. The molecule has 1 aliphatic heterocycles. The fourth-order valence-corrected chi connectivity index (χ4v) is 5.82. The topological polar surface area (TPSA) is 124 Å². The Kier molecular flexibility index (Phi) is 9.05. The highest BCUT2D eigenvalue weighted by Gasteiger charge is 2.34. The lowest BCUT2D eigenvalue weighted by Crippen LogP contribution is -2.40. The zero-order valence-corrected chi connectivity index (χ0v) is 25.8. The third-order valence-electron chi connectivity index (χ3n) is 6.72. The van der Waals surface area contributed by atoms with Crippen LogP contribution >= 0.6 is 11.3 Å². The number of aromatic nitrogens is 1. The van der Waals surface area contributed by atoms with Crippen molar-refractivity contribution in [1.82, 2.24) is 4.57 Å². The lowest BCUT2D eigenvalue weighted by Gasteiger charge is -2.25. The summed E-state index contributed by atoms with van der Waals surface area (Å²) in [5, 5.41) is 19.1. The van der Waals surface area contributed by atoms with Gasteiger partial charge in [0, 0.05) is 5.56 Å². The summed E-state index contributed by atoms with van der Waals surface area (Å²) in [7, 11) is 1.53. The van der Waals surface area contributed by atoms with Crippen LogP contribution in [0.5, 0.6) is 17.2 Å². The molecule has 0 amide bonds. The molecular formula is C33H32N4O6S. The second-order valence-electron chi connectivity index (χ2n) is 10.2. The maximum atomic E-state index is 14.0. The third-order valence-corrected chi connectivity index (χ3v) is 7.70. The van der Waals surface area contributed by atoms with Crippen molar-refractivity contribution in [2.45, 2.75) is 39.8 Å². The lowest BCUT2D eigenvalue weighted by atomic mass is 9.95. The van der Waals surface area contributed by atoms with E-state index in [1.54, 1.807) is 50.3 Å². The predicted octanol–water partition coefficient (Wildman–Crippen LogP) is 5.72. The summed E-state index contributed by atoms with van der Waals surface area (Å²) in [5.74, 6) is 0.406. The van der Waals surface area contributed by atoms with Crippen LogP contribution in [0.1, 0.15) is 44.9 Å². The van der Waals surface area contributed by atoms with Gasteiger partial charge in [-0.15, -0.1) is 0 Å². The van der Waals surface area contributed by atoms with Crippen molar-refractivity contribution in [2.75, 3.05) is 13.7 Å². The first kappa shape index (κ1) is 30.4. The van der Waals surface area contributed by atoms with Crippen LogP contribution in [0, 0.1) is 0 Å². The highest BCUT2D eigenvalue weighted by atomic mass is 32.1. The Balaban J connectivity index is 1.64. The van der Waals surface area contributed by atoms with E-state index in [0.29, 0.717) is 49.0 Å². The van der Waals surface area contributed by atoms with Crippen molar-refractivity contribution < 1.29 is 24.1 Å². The van der Waals surface area contributed by atoms with Crippen molar-refractivity contribution in [1.29, 1.82) is 0 Å². The molecule has 1 atom stereocenters. The van der Waals surface area contributed by atoms with Crippen molar-refractivity contribution in [3.05, 3.63) is 109 Å². The van der Waals surface area contributed by atoms with E-state index < -0.39 is 12.0 Å². The summed E-state index contributed by atoms with van der Waals surface area (Å²) < 4.78 is 18.7. The maximum absolute atomic E-state index is 14.0. The molecule has 11 heteroatoms. The van der Waals surface area contributed by atoms with Crippen molar-refractivity contribution in [3.63, 3.8) is 0 Å². The molecule has 44 heavy (non-hydrogen) atoms. The normalized spacial score (nSPS) is 15.0. The number of carbonyl (C=O) groups excluding carboxylic acids is 1. The Morgan fingerprint density at radius 1 is 1.07 bits per heavy atom. The van der Waals surface area contributed by atoms with Crippen LogP contribution in [0.25, 0.3) is 6.08 Å². The van der Waals surface area contributed by atoms with E-state index in [1.165, 1.54) is 17.7 Å². The SMILES string of the molecule is CCOC(=O)C1=C(C)N=c2s/c(=C\c3cc(N=Nc4ccccc4)ccc3O)c(=O)n2[C@H]1c1ccc(OC(C)C)c(OC)c1. The van der Waals surface area contributed by atoms with Gasteiger partial charge in [-0.05, 0) is 81.8 Å². The molecule has 2 heterocycles. The van der Waals surface area contributed by atoms with E-state index in [4.69, 9.17) is 14.2 Å². The van der Waals surface area contributed by atoms with Gasteiger partial charge in [0.15, 0.2) is 16.3 Å². The second-order valence-corrected chi connectivity index (χ2v) is 11.2. The number of fused-ring (bicyclic) bond motifs is 1. The van der Waals surface area contributed by atoms with E-state index in [0.717, 1.165) is 11.3 Å². The number of thiazole rings is 1. The molecule has 0 saturated carbocycles. The Hall–Kier alpha value is -5.03. The van der Waals surface area contributed by atoms with Crippen LogP contribution in [0.3, 0.4) is 0 Å². The maximum Gasteiger partial charge on any atom is 0.338 e. The van der Waals surface area contributed by atoms with Gasteiger partial charge in [0.2, 0.25) is 0 Å². The van der Waals surface area contributed by atoms with Gasteiger partial charge < -0.3 is 19.3 Å². The number of rotatable bonds is 9. The minimum absolute atomic E-state index is 0.0279. The summed E-state index contributed by atoms with van der Waals surface area (Å²) in [5.41, 5.74) is 2.49.